The molecule has 7 heteroatoms. The van der Waals surface area contributed by atoms with E-state index in [4.69, 9.17) is 4.74 Å². The molecule has 0 spiro atoms. The lowest BCUT2D eigenvalue weighted by Crippen LogP contribution is -2.24. The number of carboxylic acid groups (broad SMARTS) is 1. The van der Waals surface area contributed by atoms with Crippen molar-refractivity contribution in [3.63, 3.8) is 0 Å². The number of aromatic nitrogens is 1. The van der Waals surface area contributed by atoms with Crippen LogP contribution in [-0.2, 0) is 0 Å². The van der Waals surface area contributed by atoms with Crippen LogP contribution < -0.4 is 10.1 Å². The van der Waals surface area contributed by atoms with E-state index in [1.54, 1.807) is 43.6 Å². The summed E-state index contributed by atoms with van der Waals surface area (Å²) in [5, 5.41) is 12.1. The zero-order valence-electron chi connectivity index (χ0n) is 17.4. The Balaban J connectivity index is 0.00000341. The van der Waals surface area contributed by atoms with Crippen molar-refractivity contribution >= 4 is 24.3 Å². The molecular weight excluding hydrogens is 416 g/mol. The number of pyridine rings is 1. The maximum atomic E-state index is 12.5. The van der Waals surface area contributed by atoms with Gasteiger partial charge < -0.3 is 15.2 Å². The summed E-state index contributed by atoms with van der Waals surface area (Å²) in [5.74, 6) is -0.433. The van der Waals surface area contributed by atoms with Gasteiger partial charge in [0.05, 0.1) is 23.9 Å². The van der Waals surface area contributed by atoms with Crippen LogP contribution in [0.2, 0.25) is 0 Å². The molecule has 2 N–H and O–H groups in total. The first-order valence-electron chi connectivity index (χ1n) is 9.80. The second-order valence-corrected chi connectivity index (χ2v) is 6.84. The molecule has 1 heterocycles. The summed E-state index contributed by atoms with van der Waals surface area (Å²) >= 11 is 0. The molecule has 0 atom stereocenters. The third-order valence-electron chi connectivity index (χ3n) is 4.77. The average Bonchev–Trinajstić information content (AvgIpc) is 2.79. The maximum absolute atomic E-state index is 12.5. The quantitative estimate of drug-likeness (QED) is 0.477. The van der Waals surface area contributed by atoms with Gasteiger partial charge in [0, 0.05) is 23.9 Å². The summed E-state index contributed by atoms with van der Waals surface area (Å²) in [7, 11) is 1.61. The van der Waals surface area contributed by atoms with Crippen LogP contribution in [0.15, 0.2) is 60.8 Å². The lowest BCUT2D eigenvalue weighted by Gasteiger charge is -2.13. The number of benzene rings is 2. The third kappa shape index (κ3) is 5.83. The normalized spacial score (nSPS) is 10.1. The number of methoxy groups -OCH3 is 1. The third-order valence-corrected chi connectivity index (χ3v) is 4.77. The fraction of sp³-hybridized carbons (Fsp3) is 0.208. The first-order chi connectivity index (χ1) is 14.5. The fourth-order valence-electron chi connectivity index (χ4n) is 3.06. The second kappa shape index (κ2) is 11.1. The summed E-state index contributed by atoms with van der Waals surface area (Å²) in [5.41, 5.74) is 3.76. The molecule has 0 saturated heterocycles. The van der Waals surface area contributed by atoms with Gasteiger partial charge in [0.1, 0.15) is 5.75 Å². The topological polar surface area (TPSA) is 88.5 Å². The number of hydrogen-bond acceptors (Lipinski definition) is 4. The molecule has 2 aromatic carbocycles. The molecule has 162 valence electrons. The van der Waals surface area contributed by atoms with E-state index < -0.39 is 5.97 Å². The SMILES string of the molecule is CCCCNC(=O)c1cnc(-c2ccc(OC)cc2)c(-c2ccc(C(=O)O)cc2)c1.Cl. The first kappa shape index (κ1) is 23.9. The van der Waals surface area contributed by atoms with E-state index in [1.807, 2.05) is 24.3 Å². The van der Waals surface area contributed by atoms with Crippen molar-refractivity contribution in [1.82, 2.24) is 10.3 Å². The molecule has 0 aliphatic rings. The largest absolute Gasteiger partial charge is 0.497 e. The van der Waals surface area contributed by atoms with Gasteiger partial charge in [-0.3, -0.25) is 9.78 Å². The molecule has 0 saturated carbocycles. The molecule has 0 bridgehead atoms. The predicted octanol–water partition coefficient (Wildman–Crippen LogP) is 5.07. The summed E-state index contributed by atoms with van der Waals surface area (Å²) in [4.78, 5) is 28.3. The van der Waals surface area contributed by atoms with E-state index in [0.717, 1.165) is 35.3 Å². The van der Waals surface area contributed by atoms with Crippen LogP contribution in [0.25, 0.3) is 22.4 Å². The minimum Gasteiger partial charge on any atom is -0.497 e. The number of halogens is 1. The highest BCUT2D eigenvalue weighted by molar-refractivity contribution is 5.97. The zero-order valence-corrected chi connectivity index (χ0v) is 18.2. The van der Waals surface area contributed by atoms with Crippen molar-refractivity contribution in [1.29, 1.82) is 0 Å². The van der Waals surface area contributed by atoms with Crippen LogP contribution in [-0.4, -0.2) is 35.6 Å². The highest BCUT2D eigenvalue weighted by atomic mass is 35.5. The Hall–Kier alpha value is -3.38. The average molecular weight is 441 g/mol. The molecule has 1 aromatic heterocycles. The smallest absolute Gasteiger partial charge is 0.335 e. The number of carbonyl (C=O) groups excluding carboxylic acids is 1. The Kier molecular flexibility index (Phi) is 8.58. The van der Waals surface area contributed by atoms with Gasteiger partial charge in [-0.25, -0.2) is 4.79 Å². The van der Waals surface area contributed by atoms with Gasteiger partial charge in [-0.2, -0.15) is 0 Å². The molecular formula is C24H25ClN2O4. The minimum atomic E-state index is -0.987. The summed E-state index contributed by atoms with van der Waals surface area (Å²) < 4.78 is 5.22. The number of carboxylic acids is 1. The lowest BCUT2D eigenvalue weighted by molar-refractivity contribution is 0.0696. The van der Waals surface area contributed by atoms with Crippen LogP contribution in [0.1, 0.15) is 40.5 Å². The molecule has 6 nitrogen and oxygen atoms in total. The highest BCUT2D eigenvalue weighted by Gasteiger charge is 2.15. The number of unbranched alkanes of at least 4 members (excludes halogenated alkanes) is 1. The summed E-state index contributed by atoms with van der Waals surface area (Å²) in [6.45, 7) is 2.68. The molecule has 0 radical (unpaired) electrons. The van der Waals surface area contributed by atoms with E-state index in [9.17, 15) is 14.7 Å². The first-order valence-corrected chi connectivity index (χ1v) is 9.80. The molecule has 1 amide bonds. The van der Waals surface area contributed by atoms with Crippen molar-refractivity contribution in [2.45, 2.75) is 19.8 Å². The number of rotatable bonds is 8. The van der Waals surface area contributed by atoms with Crippen molar-refractivity contribution in [3.05, 3.63) is 71.9 Å². The number of aromatic carboxylic acids is 1. The second-order valence-electron chi connectivity index (χ2n) is 6.84. The number of carbonyl (C=O) groups is 2. The highest BCUT2D eigenvalue weighted by Crippen LogP contribution is 2.32. The Labute approximate surface area is 187 Å². The van der Waals surface area contributed by atoms with Crippen molar-refractivity contribution in [2.24, 2.45) is 0 Å². The van der Waals surface area contributed by atoms with Crippen LogP contribution in [0.3, 0.4) is 0 Å². The zero-order chi connectivity index (χ0) is 21.5. The predicted molar refractivity (Wildman–Crippen MR) is 123 cm³/mol. The lowest BCUT2D eigenvalue weighted by atomic mass is 9.97. The van der Waals surface area contributed by atoms with E-state index in [-0.39, 0.29) is 23.9 Å². The fourth-order valence-corrected chi connectivity index (χ4v) is 3.06. The van der Waals surface area contributed by atoms with Crippen molar-refractivity contribution in [3.8, 4) is 28.1 Å². The van der Waals surface area contributed by atoms with E-state index in [0.29, 0.717) is 17.8 Å². The van der Waals surface area contributed by atoms with Crippen LogP contribution >= 0.6 is 12.4 Å². The van der Waals surface area contributed by atoms with Gasteiger partial charge in [0.2, 0.25) is 0 Å². The van der Waals surface area contributed by atoms with Gasteiger partial charge >= 0.3 is 5.97 Å². The standard InChI is InChI=1S/C24H24N2O4.ClH/c1-3-4-13-25-23(27)19-14-21(16-5-7-18(8-6-16)24(28)29)22(26-15-19)17-9-11-20(30-2)12-10-17;/h5-12,14-15H,3-4,13H2,1-2H3,(H,25,27)(H,28,29);1H. The molecule has 31 heavy (non-hydrogen) atoms. The number of nitrogens with one attached hydrogen (secondary N) is 1. The minimum absolute atomic E-state index is 0. The van der Waals surface area contributed by atoms with Gasteiger partial charge in [-0.1, -0.05) is 25.5 Å². The van der Waals surface area contributed by atoms with E-state index in [2.05, 4.69) is 17.2 Å². The van der Waals surface area contributed by atoms with Gasteiger partial charge in [-0.15, -0.1) is 12.4 Å². The number of amides is 1. The number of nitrogens with zero attached hydrogens (tertiary/aromatic N) is 1. The van der Waals surface area contributed by atoms with Crippen LogP contribution in [0, 0.1) is 0 Å². The number of ether oxygens (including phenoxy) is 1. The van der Waals surface area contributed by atoms with Crippen molar-refractivity contribution < 1.29 is 19.4 Å². The van der Waals surface area contributed by atoms with Crippen LogP contribution in [0.4, 0.5) is 0 Å². The Morgan fingerprint density at radius 1 is 1.00 bits per heavy atom. The van der Waals surface area contributed by atoms with Crippen molar-refractivity contribution in [2.75, 3.05) is 13.7 Å². The molecule has 3 aromatic rings. The monoisotopic (exact) mass is 440 g/mol. The van der Waals surface area contributed by atoms with E-state index in [1.165, 1.54) is 0 Å². The van der Waals surface area contributed by atoms with Gasteiger partial charge in [0.15, 0.2) is 0 Å². The summed E-state index contributed by atoms with van der Waals surface area (Å²) in [6.07, 6.45) is 3.47. The summed E-state index contributed by atoms with van der Waals surface area (Å²) in [6, 6.07) is 15.8. The van der Waals surface area contributed by atoms with Gasteiger partial charge in [0.25, 0.3) is 5.91 Å². The Bertz CT molecular complexity index is 1030. The number of hydrogen-bond donors (Lipinski definition) is 2. The van der Waals surface area contributed by atoms with E-state index >= 15 is 0 Å². The molecule has 0 fully saturated rings. The maximum Gasteiger partial charge on any atom is 0.335 e. The Morgan fingerprint density at radius 3 is 2.23 bits per heavy atom. The molecule has 0 aliphatic heterocycles. The van der Waals surface area contributed by atoms with Gasteiger partial charge in [-0.05, 0) is 54.4 Å². The molecule has 3 rings (SSSR count). The van der Waals surface area contributed by atoms with Crippen LogP contribution in [0.5, 0.6) is 5.75 Å². The molecule has 0 unspecified atom stereocenters. The molecule has 0 aliphatic carbocycles. The Morgan fingerprint density at radius 2 is 1.65 bits per heavy atom.